The first-order valence-corrected chi connectivity index (χ1v) is 8.19. The van der Waals surface area contributed by atoms with E-state index < -0.39 is 17.8 Å². The van der Waals surface area contributed by atoms with Gasteiger partial charge in [0, 0.05) is 0 Å². The number of ether oxygens (including phenoxy) is 1. The Kier molecular flexibility index (Phi) is 4.78. The van der Waals surface area contributed by atoms with E-state index in [-0.39, 0.29) is 12.6 Å². The van der Waals surface area contributed by atoms with Crippen LogP contribution in [0.1, 0.15) is 45.2 Å². The number of hydrogen-bond acceptors (Lipinski definition) is 3. The lowest BCUT2D eigenvalue weighted by Crippen LogP contribution is -2.53. The van der Waals surface area contributed by atoms with Gasteiger partial charge in [-0.3, -0.25) is 9.80 Å². The maximum absolute atomic E-state index is 12.6. The first-order chi connectivity index (χ1) is 11.0. The summed E-state index contributed by atoms with van der Waals surface area (Å²) >= 11 is 0. The number of carboxylic acid groups (broad SMARTS) is 1. The number of carbonyl (C=O) groups is 2. The summed E-state index contributed by atoms with van der Waals surface area (Å²) in [6.07, 6.45) is -0.844. The van der Waals surface area contributed by atoms with E-state index in [4.69, 9.17) is 4.74 Å². The van der Waals surface area contributed by atoms with Crippen LogP contribution in [-0.4, -0.2) is 35.5 Å². The highest BCUT2D eigenvalue weighted by Gasteiger charge is 2.38. The molecule has 0 saturated heterocycles. The van der Waals surface area contributed by atoms with Crippen molar-refractivity contribution in [1.82, 2.24) is 0 Å². The highest BCUT2D eigenvalue weighted by Crippen LogP contribution is 2.39. The minimum atomic E-state index is -1.00. The molecule has 0 saturated carbocycles. The Hall–Kier alpha value is -2.24. The number of amides is 2. The molecule has 1 atom stereocenters. The number of carbonyl (C=O) groups excluding carboxylic acids is 1. The largest absolute Gasteiger partial charge is 0.465 e. The van der Waals surface area contributed by atoms with Crippen molar-refractivity contribution >= 4 is 23.6 Å². The van der Waals surface area contributed by atoms with Gasteiger partial charge >= 0.3 is 12.2 Å². The van der Waals surface area contributed by atoms with Gasteiger partial charge in [-0.2, -0.15) is 0 Å². The molecule has 6 heteroatoms. The van der Waals surface area contributed by atoms with Gasteiger partial charge in [0.2, 0.25) is 0 Å². The van der Waals surface area contributed by atoms with Crippen molar-refractivity contribution in [2.75, 3.05) is 16.3 Å². The fraction of sp³-hybridized carbons (Fsp3) is 0.556. The van der Waals surface area contributed by atoms with Crippen molar-refractivity contribution in [3.63, 3.8) is 0 Å². The maximum atomic E-state index is 12.6. The van der Waals surface area contributed by atoms with Gasteiger partial charge in [-0.1, -0.05) is 6.92 Å². The van der Waals surface area contributed by atoms with Crippen LogP contribution in [0.5, 0.6) is 0 Å². The molecule has 1 aliphatic rings. The lowest BCUT2D eigenvalue weighted by molar-refractivity contribution is 0.0575. The number of nitrogens with zero attached hydrogens (tertiary/aromatic N) is 2. The second-order valence-corrected chi connectivity index (χ2v) is 7.23. The van der Waals surface area contributed by atoms with Crippen molar-refractivity contribution in [3.8, 4) is 0 Å². The Labute approximate surface area is 143 Å². The minimum absolute atomic E-state index is 0.285. The molecule has 0 bridgehead atoms. The molecule has 1 N–H and O–H groups in total. The van der Waals surface area contributed by atoms with Gasteiger partial charge in [0.15, 0.2) is 0 Å². The second-order valence-electron chi connectivity index (χ2n) is 7.23. The third kappa shape index (κ3) is 3.47. The van der Waals surface area contributed by atoms with Crippen LogP contribution >= 0.6 is 0 Å². The maximum Gasteiger partial charge on any atom is 0.414 e. The lowest BCUT2D eigenvalue weighted by atomic mass is 10.0. The average molecular weight is 334 g/mol. The minimum Gasteiger partial charge on any atom is -0.465 e. The van der Waals surface area contributed by atoms with Crippen LogP contribution in [0.25, 0.3) is 0 Å². The van der Waals surface area contributed by atoms with E-state index in [1.807, 2.05) is 53.7 Å². The highest BCUT2D eigenvalue weighted by molar-refractivity contribution is 6.00. The van der Waals surface area contributed by atoms with Crippen LogP contribution < -0.4 is 9.80 Å². The first-order valence-electron chi connectivity index (χ1n) is 8.19. The van der Waals surface area contributed by atoms with Gasteiger partial charge in [0.1, 0.15) is 5.60 Å². The van der Waals surface area contributed by atoms with Crippen LogP contribution in [0.3, 0.4) is 0 Å². The van der Waals surface area contributed by atoms with Gasteiger partial charge in [0.25, 0.3) is 0 Å². The van der Waals surface area contributed by atoms with Crippen molar-refractivity contribution in [1.29, 1.82) is 0 Å². The fourth-order valence-electron chi connectivity index (χ4n) is 2.84. The molecule has 0 fully saturated rings. The van der Waals surface area contributed by atoms with Crippen LogP contribution in [0.4, 0.5) is 21.0 Å². The quantitative estimate of drug-likeness (QED) is 0.830. The topological polar surface area (TPSA) is 70.1 Å². The number of aryl methyl sites for hydroxylation is 2. The van der Waals surface area contributed by atoms with Gasteiger partial charge in [-0.05, 0) is 64.3 Å². The molecule has 1 aromatic carbocycles. The van der Waals surface area contributed by atoms with Crippen LogP contribution in [0.15, 0.2) is 12.1 Å². The fourth-order valence-corrected chi connectivity index (χ4v) is 2.84. The summed E-state index contributed by atoms with van der Waals surface area (Å²) in [5, 5.41) is 9.65. The van der Waals surface area contributed by atoms with E-state index in [0.717, 1.165) is 11.1 Å². The SMILES string of the molecule is CCC1CN(C(=O)OC(C)(C)C)c2cc(C)c(C)cc2N1C(=O)O. The standard InChI is InChI=1S/C18H26N2O4/c1-7-13-10-19(17(23)24-18(4,5)6)14-8-11(2)12(3)9-15(14)20(13)16(21)22/h8-9,13H,7,10H2,1-6H3,(H,21,22). The molecule has 1 heterocycles. The highest BCUT2D eigenvalue weighted by atomic mass is 16.6. The van der Waals surface area contributed by atoms with E-state index in [0.29, 0.717) is 17.8 Å². The van der Waals surface area contributed by atoms with Crippen molar-refractivity contribution in [2.45, 2.75) is 59.6 Å². The third-order valence-electron chi connectivity index (χ3n) is 4.19. The second kappa shape index (κ2) is 6.34. The Balaban J connectivity index is 2.55. The van der Waals surface area contributed by atoms with Crippen molar-refractivity contribution < 1.29 is 19.4 Å². The van der Waals surface area contributed by atoms with Gasteiger partial charge in [-0.15, -0.1) is 0 Å². The summed E-state index contributed by atoms with van der Waals surface area (Å²) < 4.78 is 5.51. The molecule has 1 unspecified atom stereocenters. The number of fused-ring (bicyclic) bond motifs is 1. The molecule has 24 heavy (non-hydrogen) atoms. The average Bonchev–Trinajstić information content (AvgIpc) is 2.44. The molecule has 1 aromatic rings. The monoisotopic (exact) mass is 334 g/mol. The van der Waals surface area contributed by atoms with E-state index in [2.05, 4.69) is 0 Å². The molecular formula is C18H26N2O4. The summed E-state index contributed by atoms with van der Waals surface area (Å²) in [6.45, 7) is 11.5. The first kappa shape index (κ1) is 18.1. The molecule has 2 rings (SSSR count). The predicted molar refractivity (Wildman–Crippen MR) is 94.1 cm³/mol. The zero-order valence-corrected chi connectivity index (χ0v) is 15.2. The summed E-state index contributed by atoms with van der Waals surface area (Å²) in [4.78, 5) is 27.3. The van der Waals surface area contributed by atoms with Crippen LogP contribution in [0, 0.1) is 13.8 Å². The van der Waals surface area contributed by atoms with Crippen molar-refractivity contribution in [3.05, 3.63) is 23.3 Å². The zero-order chi connectivity index (χ0) is 18.2. The Morgan fingerprint density at radius 3 is 2.21 bits per heavy atom. The number of rotatable bonds is 1. The van der Waals surface area contributed by atoms with Gasteiger partial charge < -0.3 is 9.84 Å². The molecule has 1 aliphatic heterocycles. The van der Waals surface area contributed by atoms with Gasteiger partial charge in [-0.25, -0.2) is 9.59 Å². The third-order valence-corrected chi connectivity index (χ3v) is 4.19. The smallest absolute Gasteiger partial charge is 0.414 e. The summed E-state index contributed by atoms with van der Waals surface area (Å²) in [6, 6.07) is 3.39. The zero-order valence-electron chi connectivity index (χ0n) is 15.2. The van der Waals surface area contributed by atoms with Crippen LogP contribution in [-0.2, 0) is 4.74 Å². The Morgan fingerprint density at radius 1 is 1.21 bits per heavy atom. The Bertz CT molecular complexity index is 664. The Morgan fingerprint density at radius 2 is 1.75 bits per heavy atom. The van der Waals surface area contributed by atoms with E-state index in [1.165, 1.54) is 4.90 Å². The molecule has 6 nitrogen and oxygen atoms in total. The normalized spacial score (nSPS) is 17.5. The summed E-state index contributed by atoms with van der Waals surface area (Å²) in [5.41, 5.74) is 2.50. The van der Waals surface area contributed by atoms with E-state index >= 15 is 0 Å². The van der Waals surface area contributed by atoms with Crippen molar-refractivity contribution in [2.24, 2.45) is 0 Å². The molecule has 0 radical (unpaired) electrons. The molecule has 132 valence electrons. The molecular weight excluding hydrogens is 308 g/mol. The summed E-state index contributed by atoms with van der Waals surface area (Å²) in [5.74, 6) is 0. The van der Waals surface area contributed by atoms with E-state index in [9.17, 15) is 14.7 Å². The van der Waals surface area contributed by atoms with Crippen LogP contribution in [0.2, 0.25) is 0 Å². The predicted octanol–water partition coefficient (Wildman–Crippen LogP) is 4.32. The van der Waals surface area contributed by atoms with E-state index in [1.54, 1.807) is 4.90 Å². The number of anilines is 2. The number of benzene rings is 1. The molecule has 0 aromatic heterocycles. The van der Waals surface area contributed by atoms with Gasteiger partial charge in [0.05, 0.1) is 24.0 Å². The lowest BCUT2D eigenvalue weighted by Gasteiger charge is -2.41. The molecule has 2 amide bonds. The molecule has 0 spiro atoms. The number of hydrogen-bond donors (Lipinski definition) is 1. The summed E-state index contributed by atoms with van der Waals surface area (Å²) in [7, 11) is 0. The molecule has 0 aliphatic carbocycles.